The van der Waals surface area contributed by atoms with E-state index in [4.69, 9.17) is 4.74 Å². The summed E-state index contributed by atoms with van der Waals surface area (Å²) < 4.78 is 45.2. The Morgan fingerprint density at radius 1 is 1.39 bits per heavy atom. The number of hydrogen-bond donors (Lipinski definition) is 0. The van der Waals surface area contributed by atoms with E-state index in [9.17, 15) is 18.0 Å². The molecule has 0 unspecified atom stereocenters. The third kappa shape index (κ3) is 3.10. The van der Waals surface area contributed by atoms with E-state index in [-0.39, 0.29) is 24.7 Å². The first-order valence-electron chi connectivity index (χ1n) is 6.69. The fourth-order valence-electron chi connectivity index (χ4n) is 2.14. The van der Waals surface area contributed by atoms with Gasteiger partial charge in [-0.2, -0.15) is 13.2 Å². The van der Waals surface area contributed by atoms with Gasteiger partial charge in [0.1, 0.15) is 11.7 Å². The van der Waals surface area contributed by atoms with Crippen molar-refractivity contribution < 1.29 is 22.7 Å². The average Bonchev–Trinajstić information content (AvgIpc) is 2.88. The van der Waals surface area contributed by atoms with E-state index in [1.165, 1.54) is 28.0 Å². The SMILES string of the molecule is Cn1cc(C(=O)N2CC(Oc3ncccc3C(F)(F)F)C2)nn1. The van der Waals surface area contributed by atoms with E-state index in [1.807, 2.05) is 0 Å². The van der Waals surface area contributed by atoms with Crippen LogP contribution in [0.25, 0.3) is 0 Å². The first kappa shape index (κ1) is 15.3. The van der Waals surface area contributed by atoms with Crippen molar-refractivity contribution in [1.29, 1.82) is 0 Å². The monoisotopic (exact) mass is 327 g/mol. The van der Waals surface area contributed by atoms with Crippen molar-refractivity contribution in [3.8, 4) is 5.88 Å². The number of pyridine rings is 1. The summed E-state index contributed by atoms with van der Waals surface area (Å²) in [6.07, 6.45) is -2.38. The molecule has 23 heavy (non-hydrogen) atoms. The number of amides is 1. The van der Waals surface area contributed by atoms with Gasteiger partial charge in [0, 0.05) is 13.2 Å². The number of aromatic nitrogens is 4. The van der Waals surface area contributed by atoms with E-state index in [0.29, 0.717) is 0 Å². The van der Waals surface area contributed by atoms with Gasteiger partial charge in [0.15, 0.2) is 5.69 Å². The molecule has 1 aliphatic rings. The van der Waals surface area contributed by atoms with Gasteiger partial charge in [0.2, 0.25) is 5.88 Å². The largest absolute Gasteiger partial charge is 0.470 e. The zero-order valence-electron chi connectivity index (χ0n) is 12.0. The predicted octanol–water partition coefficient (Wildman–Crippen LogP) is 1.13. The van der Waals surface area contributed by atoms with Crippen LogP contribution in [-0.4, -0.2) is 50.0 Å². The number of alkyl halides is 3. The highest BCUT2D eigenvalue weighted by Gasteiger charge is 2.38. The van der Waals surface area contributed by atoms with E-state index in [0.717, 1.165) is 6.07 Å². The summed E-state index contributed by atoms with van der Waals surface area (Å²) in [5, 5.41) is 7.35. The second-order valence-electron chi connectivity index (χ2n) is 5.08. The number of halogens is 3. The molecule has 1 saturated heterocycles. The lowest BCUT2D eigenvalue weighted by Crippen LogP contribution is -2.56. The van der Waals surface area contributed by atoms with Crippen LogP contribution in [0.15, 0.2) is 24.5 Å². The molecule has 3 heterocycles. The normalized spacial score (nSPS) is 15.4. The quantitative estimate of drug-likeness (QED) is 0.845. The number of likely N-dealkylation sites (tertiary alicyclic amines) is 1. The Kier molecular flexibility index (Phi) is 3.66. The summed E-state index contributed by atoms with van der Waals surface area (Å²) in [5.74, 6) is -0.813. The highest BCUT2D eigenvalue weighted by molar-refractivity contribution is 5.92. The van der Waals surface area contributed by atoms with Gasteiger partial charge in [0.05, 0.1) is 19.3 Å². The van der Waals surface area contributed by atoms with Crippen LogP contribution in [0, 0.1) is 0 Å². The smallest absolute Gasteiger partial charge is 0.421 e. The molecular weight excluding hydrogens is 315 g/mol. The number of ether oxygens (including phenoxy) is 1. The maximum Gasteiger partial charge on any atom is 0.421 e. The molecule has 0 spiro atoms. The van der Waals surface area contributed by atoms with Gasteiger partial charge in [-0.05, 0) is 12.1 Å². The molecule has 122 valence electrons. The van der Waals surface area contributed by atoms with Crippen LogP contribution in [0.4, 0.5) is 13.2 Å². The summed E-state index contributed by atoms with van der Waals surface area (Å²) in [7, 11) is 1.63. The fourth-order valence-corrected chi connectivity index (χ4v) is 2.14. The number of carbonyl (C=O) groups is 1. The van der Waals surface area contributed by atoms with Gasteiger partial charge in [-0.25, -0.2) is 4.98 Å². The molecule has 0 aliphatic carbocycles. The molecule has 0 bridgehead atoms. The Morgan fingerprint density at radius 2 is 2.13 bits per heavy atom. The third-order valence-electron chi connectivity index (χ3n) is 3.31. The molecule has 7 nitrogen and oxygen atoms in total. The Labute approximate surface area is 128 Å². The van der Waals surface area contributed by atoms with Crippen LogP contribution in [0.3, 0.4) is 0 Å². The van der Waals surface area contributed by atoms with E-state index < -0.39 is 23.7 Å². The zero-order valence-corrected chi connectivity index (χ0v) is 12.0. The van der Waals surface area contributed by atoms with Crippen molar-refractivity contribution in [3.63, 3.8) is 0 Å². The molecule has 2 aromatic heterocycles. The molecule has 0 atom stereocenters. The fraction of sp³-hybridized carbons (Fsp3) is 0.385. The van der Waals surface area contributed by atoms with Crippen LogP contribution >= 0.6 is 0 Å². The Hall–Kier alpha value is -2.65. The lowest BCUT2D eigenvalue weighted by atomic mass is 10.1. The Morgan fingerprint density at radius 3 is 2.74 bits per heavy atom. The summed E-state index contributed by atoms with van der Waals surface area (Å²) in [5.41, 5.74) is -0.751. The van der Waals surface area contributed by atoms with Gasteiger partial charge in [-0.1, -0.05) is 5.21 Å². The first-order chi connectivity index (χ1) is 10.8. The summed E-state index contributed by atoms with van der Waals surface area (Å²) >= 11 is 0. The zero-order chi connectivity index (χ0) is 16.6. The maximum atomic E-state index is 12.8. The maximum absolute atomic E-state index is 12.8. The lowest BCUT2D eigenvalue weighted by molar-refractivity contribution is -0.140. The number of nitrogens with zero attached hydrogens (tertiary/aromatic N) is 5. The summed E-state index contributed by atoms with van der Waals surface area (Å²) in [4.78, 5) is 17.1. The topological polar surface area (TPSA) is 73.1 Å². The molecule has 3 rings (SSSR count). The van der Waals surface area contributed by atoms with Gasteiger partial charge in [-0.15, -0.1) is 5.10 Å². The van der Waals surface area contributed by atoms with Crippen molar-refractivity contribution in [2.45, 2.75) is 12.3 Å². The first-order valence-corrected chi connectivity index (χ1v) is 6.69. The lowest BCUT2D eigenvalue weighted by Gasteiger charge is -2.38. The molecule has 0 aromatic carbocycles. The second-order valence-corrected chi connectivity index (χ2v) is 5.08. The number of carbonyl (C=O) groups excluding carboxylic acids is 1. The van der Waals surface area contributed by atoms with Gasteiger partial charge in [0.25, 0.3) is 5.91 Å². The minimum atomic E-state index is -4.54. The van der Waals surface area contributed by atoms with Crippen LogP contribution < -0.4 is 4.74 Å². The van der Waals surface area contributed by atoms with Crippen LogP contribution in [0.5, 0.6) is 5.88 Å². The van der Waals surface area contributed by atoms with Crippen LogP contribution in [0.2, 0.25) is 0 Å². The molecular formula is C13H12F3N5O2. The van der Waals surface area contributed by atoms with Crippen LogP contribution in [-0.2, 0) is 13.2 Å². The third-order valence-corrected chi connectivity index (χ3v) is 3.31. The van der Waals surface area contributed by atoms with Crippen molar-refractivity contribution in [3.05, 3.63) is 35.8 Å². The molecule has 1 fully saturated rings. The highest BCUT2D eigenvalue weighted by atomic mass is 19.4. The summed E-state index contributed by atoms with van der Waals surface area (Å²) in [6, 6.07) is 2.10. The van der Waals surface area contributed by atoms with Crippen LogP contribution in [0.1, 0.15) is 16.1 Å². The van der Waals surface area contributed by atoms with E-state index in [2.05, 4.69) is 15.3 Å². The minimum absolute atomic E-state index is 0.170. The number of rotatable bonds is 3. The molecule has 0 saturated carbocycles. The standard InChI is InChI=1S/C13H12F3N5O2/c1-20-7-10(18-19-20)12(22)21-5-8(6-21)23-11-9(13(14,15)16)3-2-4-17-11/h2-4,7-8H,5-6H2,1H3. The number of aryl methyl sites for hydroxylation is 1. The Balaban J connectivity index is 1.62. The molecule has 0 N–H and O–H groups in total. The van der Waals surface area contributed by atoms with Gasteiger partial charge < -0.3 is 9.64 Å². The molecule has 1 amide bonds. The average molecular weight is 327 g/mol. The van der Waals surface area contributed by atoms with E-state index in [1.54, 1.807) is 7.05 Å². The van der Waals surface area contributed by atoms with Crippen molar-refractivity contribution in [2.75, 3.05) is 13.1 Å². The molecule has 1 aliphatic heterocycles. The minimum Gasteiger partial charge on any atom is -0.470 e. The van der Waals surface area contributed by atoms with Crippen molar-refractivity contribution in [1.82, 2.24) is 24.9 Å². The van der Waals surface area contributed by atoms with Crippen molar-refractivity contribution in [2.24, 2.45) is 7.05 Å². The predicted molar refractivity (Wildman–Crippen MR) is 70.6 cm³/mol. The molecule has 0 radical (unpaired) electrons. The molecule has 2 aromatic rings. The second kappa shape index (κ2) is 5.52. The Bertz CT molecular complexity index is 724. The van der Waals surface area contributed by atoms with Gasteiger partial charge in [-0.3, -0.25) is 9.48 Å². The highest BCUT2D eigenvalue weighted by Crippen LogP contribution is 2.35. The number of hydrogen-bond acceptors (Lipinski definition) is 5. The van der Waals surface area contributed by atoms with Crippen molar-refractivity contribution >= 4 is 5.91 Å². The summed E-state index contributed by atoms with van der Waals surface area (Å²) in [6.45, 7) is 0.340. The molecule has 10 heteroatoms. The van der Waals surface area contributed by atoms with Gasteiger partial charge >= 0.3 is 6.18 Å². The van der Waals surface area contributed by atoms with E-state index >= 15 is 0 Å².